The number of alkyl halides is 3. The third-order valence-corrected chi connectivity index (χ3v) is 2.54. The zero-order valence-corrected chi connectivity index (χ0v) is 13.9. The summed E-state index contributed by atoms with van der Waals surface area (Å²) < 4.78 is 55.3. The first-order valence-electron chi connectivity index (χ1n) is 7.12. The number of hydrogen-bond acceptors (Lipinski definition) is 6. The van der Waals surface area contributed by atoms with Crippen LogP contribution in [0.3, 0.4) is 0 Å². The second kappa shape index (κ2) is 8.95. The van der Waals surface area contributed by atoms with Crippen molar-refractivity contribution >= 4 is 12.1 Å². The van der Waals surface area contributed by atoms with Gasteiger partial charge in [0.1, 0.15) is 12.7 Å². The molecular formula is C14H23F3O6. The fourth-order valence-electron chi connectivity index (χ4n) is 1.95. The monoisotopic (exact) mass is 344 g/mol. The molecule has 0 aromatic carbocycles. The molecule has 136 valence electrons. The molecule has 0 aliphatic rings. The van der Waals surface area contributed by atoms with Gasteiger partial charge in [0.25, 0.3) is 0 Å². The van der Waals surface area contributed by atoms with Gasteiger partial charge in [-0.1, -0.05) is 0 Å². The summed E-state index contributed by atoms with van der Waals surface area (Å²) in [6, 6.07) is 0. The molecule has 6 nitrogen and oxygen atoms in total. The summed E-state index contributed by atoms with van der Waals surface area (Å²) >= 11 is 0. The molecule has 0 radical (unpaired) electrons. The molecule has 2 atom stereocenters. The van der Waals surface area contributed by atoms with Crippen molar-refractivity contribution in [1.29, 1.82) is 0 Å². The van der Waals surface area contributed by atoms with Gasteiger partial charge in [-0.15, -0.1) is 0 Å². The van der Waals surface area contributed by atoms with E-state index in [1.807, 2.05) is 0 Å². The molecule has 0 aliphatic carbocycles. The lowest BCUT2D eigenvalue weighted by atomic mass is 10.0. The van der Waals surface area contributed by atoms with Gasteiger partial charge in [0.15, 0.2) is 0 Å². The molecule has 0 fully saturated rings. The fraction of sp³-hybridized carbons (Fsp3) is 0.857. The van der Waals surface area contributed by atoms with E-state index in [9.17, 15) is 22.8 Å². The van der Waals surface area contributed by atoms with Crippen molar-refractivity contribution in [3.8, 4) is 0 Å². The maximum atomic E-state index is 12.0. The number of halogens is 3. The Morgan fingerprint density at radius 3 is 2.09 bits per heavy atom. The van der Waals surface area contributed by atoms with Crippen LogP contribution in [0, 0.1) is 0 Å². The molecule has 0 rings (SSSR count). The molecule has 2 unspecified atom stereocenters. The van der Waals surface area contributed by atoms with Crippen LogP contribution in [-0.2, 0) is 23.7 Å². The summed E-state index contributed by atoms with van der Waals surface area (Å²) in [7, 11) is 0. The summed E-state index contributed by atoms with van der Waals surface area (Å²) in [5.74, 6) is -2.26. The van der Waals surface area contributed by atoms with Crippen LogP contribution in [0.4, 0.5) is 18.0 Å². The van der Waals surface area contributed by atoms with Gasteiger partial charge >= 0.3 is 18.3 Å². The standard InChI is InChI=1S/C14H23F3O6/c1-6-20-12(19)22-9(2)7-13(4,5)23-10(3)8-21-11(18)14(15,16)17/h9-10H,6-8H2,1-5H3. The highest BCUT2D eigenvalue weighted by Crippen LogP contribution is 2.22. The summed E-state index contributed by atoms with van der Waals surface area (Å²) in [5, 5.41) is 0. The highest BCUT2D eigenvalue weighted by molar-refractivity contribution is 5.75. The molecule has 0 N–H and O–H groups in total. The normalized spacial score (nSPS) is 14.8. The van der Waals surface area contributed by atoms with Crippen molar-refractivity contribution in [3.63, 3.8) is 0 Å². The molecular weight excluding hydrogens is 321 g/mol. The van der Waals surface area contributed by atoms with Crippen LogP contribution < -0.4 is 0 Å². The summed E-state index contributed by atoms with van der Waals surface area (Å²) in [6.07, 6.45) is -6.83. The highest BCUT2D eigenvalue weighted by Gasteiger charge is 2.41. The smallest absolute Gasteiger partial charge is 0.456 e. The van der Waals surface area contributed by atoms with E-state index < -0.39 is 42.7 Å². The SMILES string of the molecule is CCOC(=O)OC(C)CC(C)(C)OC(C)COC(=O)C(F)(F)F. The molecule has 9 heteroatoms. The van der Waals surface area contributed by atoms with Crippen LogP contribution in [0.1, 0.15) is 41.0 Å². The molecule has 23 heavy (non-hydrogen) atoms. The Hall–Kier alpha value is -1.51. The van der Waals surface area contributed by atoms with Gasteiger partial charge < -0.3 is 18.9 Å². The van der Waals surface area contributed by atoms with Crippen molar-refractivity contribution in [2.24, 2.45) is 0 Å². The Morgan fingerprint density at radius 1 is 1.04 bits per heavy atom. The van der Waals surface area contributed by atoms with Gasteiger partial charge in [-0.2, -0.15) is 13.2 Å². The highest BCUT2D eigenvalue weighted by atomic mass is 19.4. The molecule has 0 aromatic rings. The van der Waals surface area contributed by atoms with Crippen molar-refractivity contribution < 1.29 is 41.7 Å². The number of carbonyl (C=O) groups excluding carboxylic acids is 2. The number of rotatable bonds is 8. The Morgan fingerprint density at radius 2 is 1.61 bits per heavy atom. The van der Waals surface area contributed by atoms with Gasteiger partial charge in [0.05, 0.1) is 18.3 Å². The van der Waals surface area contributed by atoms with Gasteiger partial charge in [0.2, 0.25) is 0 Å². The fourth-order valence-corrected chi connectivity index (χ4v) is 1.95. The van der Waals surface area contributed by atoms with Gasteiger partial charge in [-0.3, -0.25) is 0 Å². The van der Waals surface area contributed by atoms with Crippen LogP contribution in [0.15, 0.2) is 0 Å². The van der Waals surface area contributed by atoms with E-state index in [2.05, 4.69) is 9.47 Å². The van der Waals surface area contributed by atoms with Crippen LogP contribution in [0.2, 0.25) is 0 Å². The molecule has 0 saturated heterocycles. The van der Waals surface area contributed by atoms with Crippen molar-refractivity contribution in [3.05, 3.63) is 0 Å². The average molecular weight is 344 g/mol. The number of hydrogen-bond donors (Lipinski definition) is 0. The molecule has 0 aliphatic heterocycles. The van der Waals surface area contributed by atoms with Crippen molar-refractivity contribution in [2.45, 2.75) is 65.0 Å². The third kappa shape index (κ3) is 9.98. The Balaban J connectivity index is 4.28. The van der Waals surface area contributed by atoms with Crippen LogP contribution in [0.5, 0.6) is 0 Å². The van der Waals surface area contributed by atoms with E-state index in [-0.39, 0.29) is 13.0 Å². The second-order valence-corrected chi connectivity index (χ2v) is 5.60. The number of carbonyl (C=O) groups is 2. The topological polar surface area (TPSA) is 71.1 Å². The molecule has 0 heterocycles. The molecule has 0 saturated carbocycles. The lowest BCUT2D eigenvalue weighted by Gasteiger charge is -2.31. The first kappa shape index (κ1) is 21.5. The summed E-state index contributed by atoms with van der Waals surface area (Å²) in [4.78, 5) is 21.8. The Kier molecular flexibility index (Phi) is 8.36. The number of ether oxygens (including phenoxy) is 4. The quantitative estimate of drug-likeness (QED) is 0.630. The largest absolute Gasteiger partial charge is 0.508 e. The minimum Gasteiger partial charge on any atom is -0.456 e. The Bertz CT molecular complexity index is 394. The second-order valence-electron chi connectivity index (χ2n) is 5.60. The number of esters is 1. The molecule has 0 bridgehead atoms. The van der Waals surface area contributed by atoms with Gasteiger partial charge in [0, 0.05) is 6.42 Å². The summed E-state index contributed by atoms with van der Waals surface area (Å²) in [5.41, 5.74) is -0.810. The van der Waals surface area contributed by atoms with Crippen molar-refractivity contribution in [2.75, 3.05) is 13.2 Å². The third-order valence-electron chi connectivity index (χ3n) is 2.54. The van der Waals surface area contributed by atoms with E-state index in [1.54, 1.807) is 27.7 Å². The molecule has 0 aromatic heterocycles. The predicted octanol–water partition coefficient (Wildman–Crippen LogP) is 3.23. The minimum atomic E-state index is -5.03. The van der Waals surface area contributed by atoms with Crippen LogP contribution in [-0.4, -0.2) is 49.3 Å². The van der Waals surface area contributed by atoms with E-state index in [1.165, 1.54) is 6.92 Å². The lowest BCUT2D eigenvalue weighted by molar-refractivity contribution is -0.205. The first-order chi connectivity index (χ1) is 10.4. The molecule has 0 amide bonds. The first-order valence-corrected chi connectivity index (χ1v) is 7.12. The average Bonchev–Trinajstić information content (AvgIpc) is 2.32. The van der Waals surface area contributed by atoms with Gasteiger partial charge in [-0.25, -0.2) is 9.59 Å². The van der Waals surface area contributed by atoms with E-state index >= 15 is 0 Å². The molecule has 0 spiro atoms. The van der Waals surface area contributed by atoms with E-state index in [0.717, 1.165) is 0 Å². The Labute approximate surface area is 133 Å². The lowest BCUT2D eigenvalue weighted by Crippen LogP contribution is -2.37. The van der Waals surface area contributed by atoms with Crippen LogP contribution in [0.25, 0.3) is 0 Å². The maximum absolute atomic E-state index is 12.0. The van der Waals surface area contributed by atoms with Gasteiger partial charge in [-0.05, 0) is 34.6 Å². The van der Waals surface area contributed by atoms with E-state index in [4.69, 9.17) is 9.47 Å². The minimum absolute atomic E-state index is 0.188. The zero-order valence-electron chi connectivity index (χ0n) is 13.9. The van der Waals surface area contributed by atoms with E-state index in [0.29, 0.717) is 0 Å². The maximum Gasteiger partial charge on any atom is 0.508 e. The zero-order chi connectivity index (χ0) is 18.3. The van der Waals surface area contributed by atoms with Crippen molar-refractivity contribution in [1.82, 2.24) is 0 Å². The van der Waals surface area contributed by atoms with Crippen LogP contribution >= 0.6 is 0 Å². The summed E-state index contributed by atoms with van der Waals surface area (Å²) in [6.45, 7) is 7.77. The predicted molar refractivity (Wildman–Crippen MR) is 73.8 cm³/mol.